The first-order valence-corrected chi connectivity index (χ1v) is 6.54. The number of rotatable bonds is 5. The Morgan fingerprint density at radius 2 is 2.17 bits per heavy atom. The average Bonchev–Trinajstić information content (AvgIpc) is 2.28. The lowest BCUT2D eigenvalue weighted by molar-refractivity contribution is -0.157. The fourth-order valence-electron chi connectivity index (χ4n) is 2.06. The van der Waals surface area contributed by atoms with Crippen molar-refractivity contribution >= 4 is 5.91 Å². The van der Waals surface area contributed by atoms with Gasteiger partial charge in [0.2, 0.25) is 0 Å². The van der Waals surface area contributed by atoms with Gasteiger partial charge in [0, 0.05) is 32.3 Å². The number of hydrogen-bond donors (Lipinski definition) is 2. The van der Waals surface area contributed by atoms with Gasteiger partial charge in [-0.25, -0.2) is 0 Å². The number of carbonyl (C=O) groups excluding carboxylic acids is 1. The highest BCUT2D eigenvalue weighted by molar-refractivity contribution is 5.86. The second kappa shape index (κ2) is 5.99. The van der Waals surface area contributed by atoms with Crippen LogP contribution in [-0.4, -0.2) is 60.4 Å². The van der Waals surface area contributed by atoms with Gasteiger partial charge in [-0.3, -0.25) is 4.79 Å². The third kappa shape index (κ3) is 4.23. The monoisotopic (exact) mass is 258 g/mol. The van der Waals surface area contributed by atoms with Crippen molar-refractivity contribution in [3.63, 3.8) is 0 Å². The lowest BCUT2D eigenvalue weighted by Gasteiger charge is -2.39. The number of carbonyl (C=O) groups is 1. The van der Waals surface area contributed by atoms with Gasteiger partial charge in [-0.05, 0) is 33.6 Å². The lowest BCUT2D eigenvalue weighted by atomic mass is 9.90. The number of amides is 1. The van der Waals surface area contributed by atoms with Gasteiger partial charge in [0.05, 0.1) is 6.61 Å². The normalized spacial score (nSPS) is 25.6. The lowest BCUT2D eigenvalue weighted by Crippen LogP contribution is -2.60. The standard InChI is InChI=1S/C13H26N2O3/c1-12(2,3)14-10-13(17)6-5-7-15(11(13)16)8-9-18-4/h14,17H,5-10H2,1-4H3/t13-/m0/s1. The summed E-state index contributed by atoms with van der Waals surface area (Å²) >= 11 is 0. The second-order valence-corrected chi connectivity index (χ2v) is 6.02. The summed E-state index contributed by atoms with van der Waals surface area (Å²) in [6.45, 7) is 8.13. The van der Waals surface area contributed by atoms with E-state index in [1.165, 1.54) is 0 Å². The molecule has 18 heavy (non-hydrogen) atoms. The quantitative estimate of drug-likeness (QED) is 0.748. The van der Waals surface area contributed by atoms with E-state index >= 15 is 0 Å². The number of ether oxygens (including phenoxy) is 1. The van der Waals surface area contributed by atoms with Crippen molar-refractivity contribution in [1.82, 2.24) is 10.2 Å². The molecule has 1 aliphatic heterocycles. The zero-order valence-electron chi connectivity index (χ0n) is 12.0. The van der Waals surface area contributed by atoms with E-state index < -0.39 is 5.60 Å². The predicted octanol–water partition coefficient (Wildman–Crippen LogP) is 0.374. The van der Waals surface area contributed by atoms with Gasteiger partial charge < -0.3 is 20.1 Å². The Balaban J connectivity index is 2.60. The second-order valence-electron chi connectivity index (χ2n) is 6.02. The molecule has 0 aliphatic carbocycles. The number of aliphatic hydroxyl groups is 1. The van der Waals surface area contributed by atoms with Crippen LogP contribution >= 0.6 is 0 Å². The van der Waals surface area contributed by atoms with E-state index in [0.29, 0.717) is 32.7 Å². The molecular formula is C13H26N2O3. The Morgan fingerprint density at radius 1 is 1.50 bits per heavy atom. The van der Waals surface area contributed by atoms with E-state index in [-0.39, 0.29) is 11.4 Å². The zero-order valence-corrected chi connectivity index (χ0v) is 12.0. The van der Waals surface area contributed by atoms with Crippen LogP contribution in [0.3, 0.4) is 0 Å². The van der Waals surface area contributed by atoms with Gasteiger partial charge in [0.25, 0.3) is 5.91 Å². The molecule has 106 valence electrons. The summed E-state index contributed by atoms with van der Waals surface area (Å²) in [5.41, 5.74) is -1.37. The molecule has 5 heteroatoms. The van der Waals surface area contributed by atoms with Crippen molar-refractivity contribution in [2.75, 3.05) is 33.4 Å². The Kier molecular flexibility index (Phi) is 5.13. The largest absolute Gasteiger partial charge is 0.383 e. The number of likely N-dealkylation sites (tertiary alicyclic amines) is 1. The van der Waals surface area contributed by atoms with Crippen molar-refractivity contribution in [2.24, 2.45) is 0 Å². The zero-order chi connectivity index (χ0) is 13.8. The molecular weight excluding hydrogens is 232 g/mol. The molecule has 1 fully saturated rings. The Bertz CT molecular complexity index is 288. The highest BCUT2D eigenvalue weighted by Gasteiger charge is 2.42. The SMILES string of the molecule is COCCN1CCC[C@](O)(CNC(C)(C)C)C1=O. The molecule has 1 amide bonds. The van der Waals surface area contributed by atoms with E-state index in [4.69, 9.17) is 4.74 Å². The fraction of sp³-hybridized carbons (Fsp3) is 0.923. The summed E-state index contributed by atoms with van der Waals surface area (Å²) in [5.74, 6) is -0.178. The van der Waals surface area contributed by atoms with Crippen molar-refractivity contribution in [2.45, 2.75) is 44.8 Å². The highest BCUT2D eigenvalue weighted by atomic mass is 16.5. The van der Waals surface area contributed by atoms with E-state index in [9.17, 15) is 9.90 Å². The number of hydrogen-bond acceptors (Lipinski definition) is 4. The number of methoxy groups -OCH3 is 1. The molecule has 0 bridgehead atoms. The Hall–Kier alpha value is -0.650. The minimum Gasteiger partial charge on any atom is -0.383 e. The van der Waals surface area contributed by atoms with Crippen LogP contribution in [0.5, 0.6) is 0 Å². The minimum atomic E-state index is -1.26. The van der Waals surface area contributed by atoms with Crippen LogP contribution in [-0.2, 0) is 9.53 Å². The summed E-state index contributed by atoms with van der Waals surface area (Å²) < 4.78 is 4.98. The molecule has 0 spiro atoms. The molecule has 0 saturated carbocycles. The van der Waals surface area contributed by atoms with Crippen molar-refractivity contribution in [3.05, 3.63) is 0 Å². The van der Waals surface area contributed by atoms with Crippen LogP contribution in [0.2, 0.25) is 0 Å². The molecule has 1 atom stereocenters. The van der Waals surface area contributed by atoms with E-state index in [2.05, 4.69) is 5.32 Å². The first kappa shape index (κ1) is 15.4. The maximum absolute atomic E-state index is 12.3. The molecule has 0 radical (unpaired) electrons. The van der Waals surface area contributed by atoms with Crippen LogP contribution in [0.15, 0.2) is 0 Å². The van der Waals surface area contributed by atoms with Crippen molar-refractivity contribution in [3.8, 4) is 0 Å². The number of nitrogens with one attached hydrogen (secondary N) is 1. The van der Waals surface area contributed by atoms with Gasteiger partial charge >= 0.3 is 0 Å². The van der Waals surface area contributed by atoms with Gasteiger partial charge in [0.15, 0.2) is 5.60 Å². The molecule has 1 saturated heterocycles. The van der Waals surface area contributed by atoms with Crippen LogP contribution in [0.1, 0.15) is 33.6 Å². The Labute approximate surface area is 109 Å². The molecule has 2 N–H and O–H groups in total. The van der Waals surface area contributed by atoms with Gasteiger partial charge in [-0.2, -0.15) is 0 Å². The van der Waals surface area contributed by atoms with E-state index in [1.54, 1.807) is 12.0 Å². The summed E-state index contributed by atoms with van der Waals surface area (Å²) in [7, 11) is 1.61. The fourth-order valence-corrected chi connectivity index (χ4v) is 2.06. The third-order valence-corrected chi connectivity index (χ3v) is 3.18. The van der Waals surface area contributed by atoms with Crippen molar-refractivity contribution in [1.29, 1.82) is 0 Å². The molecule has 5 nitrogen and oxygen atoms in total. The summed E-state index contributed by atoms with van der Waals surface area (Å²) in [5, 5.41) is 13.7. The summed E-state index contributed by atoms with van der Waals surface area (Å²) in [6.07, 6.45) is 1.36. The summed E-state index contributed by atoms with van der Waals surface area (Å²) in [4.78, 5) is 13.9. The van der Waals surface area contributed by atoms with Crippen LogP contribution in [0.25, 0.3) is 0 Å². The van der Waals surface area contributed by atoms with Crippen molar-refractivity contribution < 1.29 is 14.6 Å². The third-order valence-electron chi connectivity index (χ3n) is 3.18. The smallest absolute Gasteiger partial charge is 0.255 e. The van der Waals surface area contributed by atoms with Gasteiger partial charge in [-0.1, -0.05) is 0 Å². The highest BCUT2D eigenvalue weighted by Crippen LogP contribution is 2.22. The average molecular weight is 258 g/mol. The molecule has 0 aromatic rings. The maximum Gasteiger partial charge on any atom is 0.255 e. The first-order chi connectivity index (χ1) is 8.28. The van der Waals surface area contributed by atoms with Crippen LogP contribution in [0.4, 0.5) is 0 Å². The molecule has 1 rings (SSSR count). The summed E-state index contributed by atoms with van der Waals surface area (Å²) in [6, 6.07) is 0. The molecule has 1 heterocycles. The number of piperidine rings is 1. The van der Waals surface area contributed by atoms with Gasteiger partial charge in [0.1, 0.15) is 0 Å². The Morgan fingerprint density at radius 3 is 2.72 bits per heavy atom. The predicted molar refractivity (Wildman–Crippen MR) is 70.4 cm³/mol. The van der Waals surface area contributed by atoms with E-state index in [0.717, 1.165) is 6.42 Å². The molecule has 1 aliphatic rings. The van der Waals surface area contributed by atoms with Crippen LogP contribution in [0, 0.1) is 0 Å². The maximum atomic E-state index is 12.3. The molecule has 0 aromatic carbocycles. The van der Waals surface area contributed by atoms with E-state index in [1.807, 2.05) is 20.8 Å². The number of nitrogens with zero attached hydrogens (tertiary/aromatic N) is 1. The van der Waals surface area contributed by atoms with Gasteiger partial charge in [-0.15, -0.1) is 0 Å². The molecule has 0 unspecified atom stereocenters. The molecule has 0 aromatic heterocycles. The minimum absolute atomic E-state index is 0.106. The number of β-amino-alcohol motifs (C(OH)–C–C–N with tert-alkyl or cyclic N) is 1. The first-order valence-electron chi connectivity index (χ1n) is 6.54. The topological polar surface area (TPSA) is 61.8 Å². The van der Waals surface area contributed by atoms with Crippen LogP contribution < -0.4 is 5.32 Å².